The first-order valence-electron chi connectivity index (χ1n) is 11.0. The van der Waals surface area contributed by atoms with Gasteiger partial charge in [-0.25, -0.2) is 4.79 Å². The molecule has 1 aliphatic carbocycles. The largest absolute Gasteiger partial charge is 0.497 e. The van der Waals surface area contributed by atoms with E-state index >= 15 is 0 Å². The molecule has 13 heteroatoms. The summed E-state index contributed by atoms with van der Waals surface area (Å²) in [6, 6.07) is 4.84. The highest BCUT2D eigenvalue weighted by atomic mass is 32.2. The number of hydrogen-bond acceptors (Lipinski definition) is 11. The number of hydrogen-bond donors (Lipinski definition) is 2. The first-order chi connectivity index (χ1) is 17.4. The van der Waals surface area contributed by atoms with E-state index in [0.29, 0.717) is 37.1 Å². The Morgan fingerprint density at radius 2 is 1.78 bits per heavy atom. The van der Waals surface area contributed by atoms with Gasteiger partial charge in [0.2, 0.25) is 11.0 Å². The van der Waals surface area contributed by atoms with Crippen molar-refractivity contribution in [1.29, 1.82) is 0 Å². The summed E-state index contributed by atoms with van der Waals surface area (Å²) in [7, 11) is 3.01. The van der Waals surface area contributed by atoms with Gasteiger partial charge in [0.25, 0.3) is 5.91 Å². The number of carbonyl (C=O) groups excluding carboxylic acids is 3. The Balaban J connectivity index is 1.35. The molecule has 0 saturated heterocycles. The molecule has 2 heterocycles. The molecular formula is C23H24N4O6S3. The zero-order chi connectivity index (χ0) is 25.7. The number of nitrogens with one attached hydrogen (secondary N) is 2. The lowest BCUT2D eigenvalue weighted by Gasteiger charge is -2.07. The van der Waals surface area contributed by atoms with Crippen molar-refractivity contribution in [3.63, 3.8) is 0 Å². The van der Waals surface area contributed by atoms with Gasteiger partial charge in [0.05, 0.1) is 32.1 Å². The number of aryl methyl sites for hydroxylation is 1. The van der Waals surface area contributed by atoms with Gasteiger partial charge >= 0.3 is 5.97 Å². The van der Waals surface area contributed by atoms with Crippen molar-refractivity contribution in [1.82, 2.24) is 10.2 Å². The number of amides is 2. The van der Waals surface area contributed by atoms with Gasteiger partial charge in [-0.3, -0.25) is 14.9 Å². The van der Waals surface area contributed by atoms with Crippen LogP contribution in [0.15, 0.2) is 22.5 Å². The number of esters is 1. The molecule has 0 atom stereocenters. The predicted octanol–water partition coefficient (Wildman–Crippen LogP) is 4.27. The van der Waals surface area contributed by atoms with Crippen molar-refractivity contribution in [2.45, 2.75) is 30.5 Å². The normalized spacial score (nSPS) is 12.1. The highest BCUT2D eigenvalue weighted by Gasteiger charge is 2.28. The molecular weight excluding hydrogens is 524 g/mol. The number of benzene rings is 1. The van der Waals surface area contributed by atoms with E-state index in [-0.39, 0.29) is 18.3 Å². The topological polar surface area (TPSA) is 129 Å². The van der Waals surface area contributed by atoms with Gasteiger partial charge in [0.15, 0.2) is 4.34 Å². The van der Waals surface area contributed by atoms with Gasteiger partial charge in [-0.05, 0) is 43.9 Å². The highest BCUT2D eigenvalue weighted by Crippen LogP contribution is 2.39. The summed E-state index contributed by atoms with van der Waals surface area (Å²) in [5.74, 6) is -0.0228. The molecule has 3 aromatic rings. The number of thioether (sulfide) groups is 1. The summed E-state index contributed by atoms with van der Waals surface area (Å²) in [5, 5.41) is 14.4. The SMILES string of the molecule is CCOC(=O)c1c(NC(=O)CSc2nnc(NC(=O)c3cc(OC)cc(OC)c3)s2)sc2c1CCC2. The summed E-state index contributed by atoms with van der Waals surface area (Å²) in [4.78, 5) is 38.9. The van der Waals surface area contributed by atoms with E-state index in [2.05, 4.69) is 20.8 Å². The summed E-state index contributed by atoms with van der Waals surface area (Å²) in [6.07, 6.45) is 2.71. The maximum Gasteiger partial charge on any atom is 0.341 e. The smallest absolute Gasteiger partial charge is 0.341 e. The van der Waals surface area contributed by atoms with E-state index in [9.17, 15) is 14.4 Å². The lowest BCUT2D eigenvalue weighted by molar-refractivity contribution is -0.113. The fraction of sp³-hybridized carbons (Fsp3) is 0.348. The Bertz CT molecular complexity index is 1270. The molecule has 0 aliphatic heterocycles. The molecule has 4 rings (SSSR count). The second-order valence-corrected chi connectivity index (χ2v) is 10.9. The fourth-order valence-corrected chi connectivity index (χ4v) is 6.47. The maximum absolute atomic E-state index is 12.6. The summed E-state index contributed by atoms with van der Waals surface area (Å²) < 4.78 is 16.1. The number of carbonyl (C=O) groups is 3. The van der Waals surface area contributed by atoms with Crippen LogP contribution in [0.4, 0.5) is 10.1 Å². The van der Waals surface area contributed by atoms with Crippen molar-refractivity contribution in [3.05, 3.63) is 39.8 Å². The summed E-state index contributed by atoms with van der Waals surface area (Å²) in [5.41, 5.74) is 1.80. The molecule has 0 bridgehead atoms. The number of nitrogens with zero attached hydrogens (tertiary/aromatic N) is 2. The second kappa shape index (κ2) is 11.7. The van der Waals surface area contributed by atoms with Crippen LogP contribution in [-0.4, -0.2) is 54.6 Å². The fourth-order valence-electron chi connectivity index (χ4n) is 3.63. The second-order valence-electron chi connectivity index (χ2n) is 7.55. The number of aromatic nitrogens is 2. The average Bonchev–Trinajstić information content (AvgIpc) is 3.59. The van der Waals surface area contributed by atoms with E-state index in [4.69, 9.17) is 14.2 Å². The van der Waals surface area contributed by atoms with E-state index < -0.39 is 11.9 Å². The molecule has 0 radical (unpaired) electrons. The highest BCUT2D eigenvalue weighted by molar-refractivity contribution is 8.01. The Morgan fingerprint density at radius 3 is 2.47 bits per heavy atom. The monoisotopic (exact) mass is 548 g/mol. The molecule has 36 heavy (non-hydrogen) atoms. The molecule has 1 aromatic carbocycles. The van der Waals surface area contributed by atoms with Crippen molar-refractivity contribution >= 4 is 62.4 Å². The molecule has 2 aromatic heterocycles. The van der Waals surface area contributed by atoms with Gasteiger partial charge in [0.1, 0.15) is 16.5 Å². The Morgan fingerprint density at radius 1 is 1.03 bits per heavy atom. The first-order valence-corrected chi connectivity index (χ1v) is 13.7. The third kappa shape index (κ3) is 5.97. The summed E-state index contributed by atoms with van der Waals surface area (Å²) >= 11 is 3.78. The Labute approximate surface area is 219 Å². The zero-order valence-electron chi connectivity index (χ0n) is 19.8. The standard InChI is InChI=1S/C23H24N4O6S3/c1-4-33-21(30)18-15-6-5-7-16(15)35-20(18)24-17(28)11-34-23-27-26-22(36-23)25-19(29)12-8-13(31-2)10-14(9-12)32-3/h8-10H,4-7,11H2,1-3H3,(H,24,28)(H,25,26,29). The lowest BCUT2D eigenvalue weighted by atomic mass is 10.1. The molecule has 2 amide bonds. The summed E-state index contributed by atoms with van der Waals surface area (Å²) in [6.45, 7) is 2.03. The molecule has 0 saturated carbocycles. The molecule has 0 unspecified atom stereocenters. The Kier molecular flexibility index (Phi) is 8.44. The van der Waals surface area contributed by atoms with Crippen molar-refractivity contribution in [2.24, 2.45) is 0 Å². The van der Waals surface area contributed by atoms with Gasteiger partial charge < -0.3 is 19.5 Å². The minimum absolute atomic E-state index is 0.0699. The quantitative estimate of drug-likeness (QED) is 0.217. The van der Waals surface area contributed by atoms with Crippen LogP contribution in [0.3, 0.4) is 0 Å². The van der Waals surface area contributed by atoms with Crippen molar-refractivity contribution in [2.75, 3.05) is 37.2 Å². The number of methoxy groups -OCH3 is 2. The van der Waals surface area contributed by atoms with Gasteiger partial charge in [-0.15, -0.1) is 21.5 Å². The van der Waals surface area contributed by atoms with Gasteiger partial charge in [0, 0.05) is 16.5 Å². The number of fused-ring (bicyclic) bond motifs is 1. The maximum atomic E-state index is 12.6. The van der Waals surface area contributed by atoms with E-state index in [1.165, 1.54) is 37.3 Å². The van der Waals surface area contributed by atoms with Crippen LogP contribution < -0.4 is 20.1 Å². The average molecular weight is 549 g/mol. The van der Waals surface area contributed by atoms with E-state index in [1.54, 1.807) is 25.1 Å². The van der Waals surface area contributed by atoms with Gasteiger partial charge in [-0.2, -0.15) is 0 Å². The van der Waals surface area contributed by atoms with Gasteiger partial charge in [-0.1, -0.05) is 23.1 Å². The molecule has 1 aliphatic rings. The number of ether oxygens (including phenoxy) is 3. The third-order valence-electron chi connectivity index (χ3n) is 5.22. The molecule has 0 spiro atoms. The molecule has 2 N–H and O–H groups in total. The van der Waals surface area contributed by atoms with Crippen LogP contribution in [0.25, 0.3) is 0 Å². The minimum Gasteiger partial charge on any atom is -0.497 e. The molecule has 190 valence electrons. The van der Waals surface area contributed by atoms with Crippen LogP contribution in [0.1, 0.15) is 44.5 Å². The number of anilines is 2. The third-order valence-corrected chi connectivity index (χ3v) is 8.40. The van der Waals surface area contributed by atoms with Crippen LogP contribution >= 0.6 is 34.4 Å². The molecule has 0 fully saturated rings. The lowest BCUT2D eigenvalue weighted by Crippen LogP contribution is -2.16. The van der Waals surface area contributed by atoms with E-state index in [0.717, 1.165) is 41.0 Å². The Hall–Kier alpha value is -3.16. The van der Waals surface area contributed by atoms with Crippen LogP contribution in [0, 0.1) is 0 Å². The number of thiophene rings is 1. The van der Waals surface area contributed by atoms with E-state index in [1.807, 2.05) is 0 Å². The minimum atomic E-state index is -0.405. The van der Waals surface area contributed by atoms with Crippen molar-refractivity contribution in [3.8, 4) is 11.5 Å². The zero-order valence-corrected chi connectivity index (χ0v) is 22.3. The van der Waals surface area contributed by atoms with Crippen LogP contribution in [0.2, 0.25) is 0 Å². The molecule has 10 nitrogen and oxygen atoms in total. The van der Waals surface area contributed by atoms with Crippen molar-refractivity contribution < 1.29 is 28.6 Å². The van der Waals surface area contributed by atoms with Crippen LogP contribution in [0.5, 0.6) is 11.5 Å². The predicted molar refractivity (Wildman–Crippen MR) is 139 cm³/mol. The van der Waals surface area contributed by atoms with Crippen LogP contribution in [-0.2, 0) is 22.4 Å². The first kappa shape index (κ1) is 25.9. The number of rotatable bonds is 10.